The molecule has 0 aliphatic rings. The van der Waals surface area contributed by atoms with E-state index in [0.717, 1.165) is 5.56 Å². The van der Waals surface area contributed by atoms with E-state index < -0.39 is 11.8 Å². The van der Waals surface area contributed by atoms with Crippen LogP contribution >= 0.6 is 11.3 Å². The smallest absolute Gasteiger partial charge is 0.314 e. The van der Waals surface area contributed by atoms with Crippen molar-refractivity contribution in [1.82, 2.24) is 14.8 Å². The van der Waals surface area contributed by atoms with Crippen molar-refractivity contribution in [2.75, 3.05) is 10.6 Å². The maximum Gasteiger partial charge on any atom is 0.314 e. The summed E-state index contributed by atoms with van der Waals surface area (Å²) in [6.45, 7) is 0. The predicted octanol–water partition coefficient (Wildman–Crippen LogP) is 1.97. The number of aromatic nitrogens is 3. The van der Waals surface area contributed by atoms with Crippen LogP contribution in [0.2, 0.25) is 0 Å². The topological polar surface area (TPSA) is 113 Å². The maximum atomic E-state index is 12.0. The van der Waals surface area contributed by atoms with Crippen LogP contribution in [0.1, 0.15) is 5.56 Å². The van der Waals surface area contributed by atoms with Gasteiger partial charge in [0.05, 0.1) is 30.6 Å². The largest absolute Gasteiger partial charge is 0.318 e. The number of rotatable bonds is 4. The Hall–Kier alpha value is -3.51. The highest BCUT2D eigenvalue weighted by molar-refractivity contribution is 7.12. The molecule has 0 saturated heterocycles. The van der Waals surface area contributed by atoms with Crippen molar-refractivity contribution < 1.29 is 9.59 Å². The molecule has 2 aromatic heterocycles. The zero-order valence-corrected chi connectivity index (χ0v) is 13.7. The van der Waals surface area contributed by atoms with Gasteiger partial charge in [-0.2, -0.15) is 10.4 Å². The number of hydrogen-bond donors (Lipinski definition) is 2. The van der Waals surface area contributed by atoms with Gasteiger partial charge in [-0.1, -0.05) is 12.1 Å². The molecule has 2 N–H and O–H groups in total. The van der Waals surface area contributed by atoms with Gasteiger partial charge in [-0.25, -0.2) is 9.67 Å². The number of carbonyl (C=O) groups excluding carboxylic acids is 2. The first kappa shape index (κ1) is 16.4. The first-order valence-corrected chi connectivity index (χ1v) is 8.06. The molecule has 0 fully saturated rings. The van der Waals surface area contributed by atoms with Gasteiger partial charge < -0.3 is 10.6 Å². The summed E-state index contributed by atoms with van der Waals surface area (Å²) in [6.07, 6.45) is 4.94. The molecule has 0 spiro atoms. The van der Waals surface area contributed by atoms with Gasteiger partial charge >= 0.3 is 11.8 Å². The summed E-state index contributed by atoms with van der Waals surface area (Å²) >= 11 is 1.40. The Morgan fingerprint density at radius 2 is 1.88 bits per heavy atom. The summed E-state index contributed by atoms with van der Waals surface area (Å²) in [7, 11) is 0. The molecule has 3 aromatic rings. The number of nitrogens with one attached hydrogen (secondary N) is 2. The summed E-state index contributed by atoms with van der Waals surface area (Å²) < 4.78 is 1.51. The lowest BCUT2D eigenvalue weighted by Crippen LogP contribution is -2.28. The SMILES string of the molecule is N#CCc1ccc(NC(=O)C(=O)Nc2cnn(-c3nccs3)c2)cc1. The number of nitrogens with zero attached hydrogens (tertiary/aromatic N) is 4. The second-order valence-corrected chi connectivity index (χ2v) is 5.80. The van der Waals surface area contributed by atoms with E-state index in [1.165, 1.54) is 22.2 Å². The fourth-order valence-electron chi connectivity index (χ4n) is 1.99. The molecule has 25 heavy (non-hydrogen) atoms. The fraction of sp³-hybridized carbons (Fsp3) is 0.0625. The quantitative estimate of drug-likeness (QED) is 0.697. The van der Waals surface area contributed by atoms with Crippen LogP contribution in [-0.2, 0) is 16.0 Å². The molecule has 2 amide bonds. The Labute approximate surface area is 146 Å². The Morgan fingerprint density at radius 1 is 1.16 bits per heavy atom. The van der Waals surface area contributed by atoms with E-state index in [9.17, 15) is 9.59 Å². The van der Waals surface area contributed by atoms with Gasteiger partial charge in [0, 0.05) is 17.3 Å². The summed E-state index contributed by atoms with van der Waals surface area (Å²) in [6, 6.07) is 8.75. The fourth-order valence-corrected chi connectivity index (χ4v) is 2.57. The molecule has 9 heteroatoms. The van der Waals surface area contributed by atoms with Gasteiger partial charge in [0.2, 0.25) is 5.13 Å². The number of thiazole rings is 1. The summed E-state index contributed by atoms with van der Waals surface area (Å²) in [5.74, 6) is -1.60. The van der Waals surface area contributed by atoms with Crippen LogP contribution in [0.5, 0.6) is 0 Å². The summed E-state index contributed by atoms with van der Waals surface area (Å²) in [4.78, 5) is 28.0. The molecule has 8 nitrogen and oxygen atoms in total. The standard InChI is InChI=1S/C16H12N6O2S/c17-6-5-11-1-3-12(4-2-11)20-14(23)15(24)21-13-9-19-22(10-13)16-18-7-8-25-16/h1-4,7-10H,5H2,(H,20,23)(H,21,24). The van der Waals surface area contributed by atoms with Crippen LogP contribution < -0.4 is 10.6 Å². The van der Waals surface area contributed by atoms with E-state index in [1.54, 1.807) is 36.7 Å². The van der Waals surface area contributed by atoms with Crippen LogP contribution in [0.4, 0.5) is 11.4 Å². The molecule has 124 valence electrons. The summed E-state index contributed by atoms with van der Waals surface area (Å²) in [5.41, 5.74) is 1.69. The highest BCUT2D eigenvalue weighted by atomic mass is 32.1. The molecule has 0 saturated carbocycles. The van der Waals surface area contributed by atoms with Gasteiger partial charge in [0.25, 0.3) is 0 Å². The minimum atomic E-state index is -0.806. The maximum absolute atomic E-state index is 12.0. The molecule has 2 heterocycles. The predicted molar refractivity (Wildman–Crippen MR) is 92.3 cm³/mol. The molecule has 0 aliphatic heterocycles. The number of anilines is 2. The Bertz CT molecular complexity index is 924. The van der Waals surface area contributed by atoms with E-state index in [4.69, 9.17) is 5.26 Å². The number of hydrogen-bond acceptors (Lipinski definition) is 6. The van der Waals surface area contributed by atoms with Crippen molar-refractivity contribution >= 4 is 34.5 Å². The number of benzene rings is 1. The third-order valence-corrected chi connectivity index (χ3v) is 3.92. The molecule has 0 aliphatic carbocycles. The molecular formula is C16H12N6O2S. The normalized spacial score (nSPS) is 10.0. The van der Waals surface area contributed by atoms with Crippen LogP contribution in [0, 0.1) is 11.3 Å². The summed E-state index contributed by atoms with van der Waals surface area (Å²) in [5, 5.41) is 20.1. The van der Waals surface area contributed by atoms with Crippen molar-refractivity contribution in [2.45, 2.75) is 6.42 Å². The minimum absolute atomic E-state index is 0.289. The van der Waals surface area contributed by atoms with Gasteiger partial charge in [0.15, 0.2) is 0 Å². The average Bonchev–Trinajstić information content (AvgIpc) is 3.28. The second kappa shape index (κ2) is 7.37. The monoisotopic (exact) mass is 352 g/mol. The van der Waals surface area contributed by atoms with E-state index >= 15 is 0 Å². The van der Waals surface area contributed by atoms with Gasteiger partial charge in [0.1, 0.15) is 0 Å². The van der Waals surface area contributed by atoms with E-state index in [0.29, 0.717) is 16.5 Å². The van der Waals surface area contributed by atoms with Gasteiger partial charge in [-0.05, 0) is 17.7 Å². The molecule has 0 unspecified atom stereocenters. The molecule has 1 aromatic carbocycles. The van der Waals surface area contributed by atoms with Crippen LogP contribution in [0.25, 0.3) is 5.13 Å². The highest BCUT2D eigenvalue weighted by Crippen LogP contribution is 2.14. The molecule has 3 rings (SSSR count). The lowest BCUT2D eigenvalue weighted by molar-refractivity contribution is -0.132. The zero-order valence-electron chi connectivity index (χ0n) is 12.8. The van der Waals surface area contributed by atoms with Crippen molar-refractivity contribution in [3.05, 3.63) is 53.8 Å². The number of carbonyl (C=O) groups is 2. The van der Waals surface area contributed by atoms with E-state index in [2.05, 4.69) is 20.7 Å². The van der Waals surface area contributed by atoms with E-state index in [-0.39, 0.29) is 6.42 Å². The van der Waals surface area contributed by atoms with Crippen molar-refractivity contribution in [3.63, 3.8) is 0 Å². The van der Waals surface area contributed by atoms with Crippen molar-refractivity contribution in [1.29, 1.82) is 5.26 Å². The number of nitriles is 1. The van der Waals surface area contributed by atoms with Crippen molar-refractivity contribution in [3.8, 4) is 11.2 Å². The third kappa shape index (κ3) is 4.07. The van der Waals surface area contributed by atoms with Crippen molar-refractivity contribution in [2.24, 2.45) is 0 Å². The Kier molecular flexibility index (Phi) is 4.82. The number of amides is 2. The molecular weight excluding hydrogens is 340 g/mol. The Morgan fingerprint density at radius 3 is 2.52 bits per heavy atom. The first-order chi connectivity index (χ1) is 12.2. The van der Waals surface area contributed by atoms with Gasteiger partial charge in [-0.15, -0.1) is 11.3 Å². The lowest BCUT2D eigenvalue weighted by atomic mass is 10.1. The average molecular weight is 352 g/mol. The van der Waals surface area contributed by atoms with Crippen LogP contribution in [-0.4, -0.2) is 26.6 Å². The molecule has 0 atom stereocenters. The molecule has 0 radical (unpaired) electrons. The van der Waals surface area contributed by atoms with Crippen LogP contribution in [0.3, 0.4) is 0 Å². The second-order valence-electron chi connectivity index (χ2n) is 4.93. The Balaban J connectivity index is 1.59. The minimum Gasteiger partial charge on any atom is -0.318 e. The first-order valence-electron chi connectivity index (χ1n) is 7.18. The highest BCUT2D eigenvalue weighted by Gasteiger charge is 2.15. The van der Waals surface area contributed by atoms with Crippen LogP contribution in [0.15, 0.2) is 48.2 Å². The van der Waals surface area contributed by atoms with E-state index in [1.807, 2.05) is 11.4 Å². The lowest BCUT2D eigenvalue weighted by Gasteiger charge is -2.05. The molecule has 0 bridgehead atoms. The van der Waals surface area contributed by atoms with Gasteiger partial charge in [-0.3, -0.25) is 9.59 Å². The zero-order chi connectivity index (χ0) is 17.6. The third-order valence-electron chi connectivity index (χ3n) is 3.16.